The first-order valence-electron chi connectivity index (χ1n) is 8.34. The second-order valence-corrected chi connectivity index (χ2v) is 6.34. The Morgan fingerprint density at radius 1 is 1.08 bits per heavy atom. The lowest BCUT2D eigenvalue weighted by Gasteiger charge is -2.31. The van der Waals surface area contributed by atoms with Gasteiger partial charge in [-0.1, -0.05) is 18.2 Å². The maximum Gasteiger partial charge on any atom is 0.161 e. The third kappa shape index (κ3) is 4.10. The van der Waals surface area contributed by atoms with Gasteiger partial charge in [0.2, 0.25) is 0 Å². The van der Waals surface area contributed by atoms with Crippen LogP contribution in [0.25, 0.3) is 11.1 Å². The molecule has 0 unspecified atom stereocenters. The molecule has 2 aromatic carbocycles. The van der Waals surface area contributed by atoms with Crippen LogP contribution in [0.4, 0.5) is 4.39 Å². The summed E-state index contributed by atoms with van der Waals surface area (Å²) in [6.07, 6.45) is 1.74. The summed E-state index contributed by atoms with van der Waals surface area (Å²) in [5, 5.41) is 2.39. The van der Waals surface area contributed by atoms with Crippen molar-refractivity contribution in [1.82, 2.24) is 0 Å². The van der Waals surface area contributed by atoms with Crippen LogP contribution in [0.1, 0.15) is 18.4 Å². The number of thiocarbonyl (C=S) groups is 1. The van der Waals surface area contributed by atoms with Crippen molar-refractivity contribution in [2.45, 2.75) is 31.6 Å². The van der Waals surface area contributed by atoms with E-state index in [1.165, 1.54) is 6.07 Å². The molecule has 0 aromatic heterocycles. The van der Waals surface area contributed by atoms with Gasteiger partial charge in [0, 0.05) is 5.56 Å². The zero-order valence-corrected chi connectivity index (χ0v) is 15.5. The molecule has 136 valence electrons. The van der Waals surface area contributed by atoms with E-state index in [0.717, 1.165) is 24.0 Å². The van der Waals surface area contributed by atoms with Crippen LogP contribution in [0.2, 0.25) is 0 Å². The molecule has 6 heteroatoms. The molecule has 0 saturated heterocycles. The fraction of sp³-hybridized carbons (Fsp3) is 0.350. The molecule has 0 bridgehead atoms. The highest BCUT2D eigenvalue weighted by atomic mass is 32.1. The molecule has 0 heterocycles. The van der Waals surface area contributed by atoms with Crippen molar-refractivity contribution < 1.29 is 18.6 Å². The van der Waals surface area contributed by atoms with Gasteiger partial charge in [0.1, 0.15) is 5.82 Å². The molecule has 0 spiro atoms. The number of methoxy groups -OCH3 is 2. The minimum absolute atomic E-state index is 0.108. The number of hydrogen-bond acceptors (Lipinski definition) is 5. The first-order chi connectivity index (χ1) is 12.6. The predicted octanol–water partition coefficient (Wildman–Crippen LogP) is 4.66. The van der Waals surface area contributed by atoms with Gasteiger partial charge < -0.3 is 14.2 Å². The predicted molar refractivity (Wildman–Crippen MR) is 102 cm³/mol. The normalized spacial score (nSPS) is 18.6. The average Bonchev–Trinajstić information content (AvgIpc) is 2.63. The Morgan fingerprint density at radius 3 is 2.42 bits per heavy atom. The van der Waals surface area contributed by atoms with Crippen LogP contribution in [-0.4, -0.2) is 31.5 Å². The Morgan fingerprint density at radius 2 is 1.77 bits per heavy atom. The summed E-state index contributed by atoms with van der Waals surface area (Å²) in [4.78, 5) is 4.02. The number of nitrogens with zero attached hydrogens (tertiary/aromatic N) is 1. The lowest BCUT2D eigenvalue weighted by atomic mass is 9.90. The SMILES string of the molecule is COc1ccc(-c2ccc(CO[C@H]3C[C@H](N=C=S)C3)c(F)c2)cc1OC. The Balaban J connectivity index is 1.67. The minimum Gasteiger partial charge on any atom is -0.493 e. The molecule has 26 heavy (non-hydrogen) atoms. The van der Waals surface area contributed by atoms with Gasteiger partial charge in [0.25, 0.3) is 0 Å². The highest BCUT2D eigenvalue weighted by molar-refractivity contribution is 7.78. The molecule has 3 rings (SSSR count). The Kier molecular flexibility index (Phi) is 5.99. The minimum atomic E-state index is -0.287. The quantitative estimate of drug-likeness (QED) is 0.523. The van der Waals surface area contributed by atoms with E-state index in [-0.39, 0.29) is 24.6 Å². The van der Waals surface area contributed by atoms with Crippen molar-refractivity contribution in [2.24, 2.45) is 4.99 Å². The molecule has 2 aromatic rings. The summed E-state index contributed by atoms with van der Waals surface area (Å²) >= 11 is 4.59. The standard InChI is InChI=1S/C20H20FNO3S/c1-23-19-6-5-14(8-20(19)24-2)13-3-4-15(18(21)7-13)11-25-17-9-16(10-17)22-12-26/h3-8,16-17H,9-11H2,1-2H3/t16-,17-. The second-order valence-electron chi connectivity index (χ2n) is 6.15. The molecular weight excluding hydrogens is 353 g/mol. The molecule has 1 aliphatic carbocycles. The number of ether oxygens (including phenoxy) is 3. The summed E-state index contributed by atoms with van der Waals surface area (Å²) in [7, 11) is 3.16. The van der Waals surface area contributed by atoms with Crippen LogP contribution in [0.5, 0.6) is 11.5 Å². The number of aliphatic imine (C=N–C) groups is 1. The second kappa shape index (κ2) is 8.41. The molecule has 0 N–H and O–H groups in total. The largest absolute Gasteiger partial charge is 0.493 e. The summed E-state index contributed by atoms with van der Waals surface area (Å²) in [5.74, 6) is 0.958. The van der Waals surface area contributed by atoms with Crippen molar-refractivity contribution in [2.75, 3.05) is 14.2 Å². The summed E-state index contributed by atoms with van der Waals surface area (Å²) in [6.45, 7) is 0.247. The fourth-order valence-electron chi connectivity index (χ4n) is 2.92. The topological polar surface area (TPSA) is 40.0 Å². The van der Waals surface area contributed by atoms with E-state index in [1.54, 1.807) is 26.4 Å². The van der Waals surface area contributed by atoms with Crippen LogP contribution < -0.4 is 9.47 Å². The monoisotopic (exact) mass is 373 g/mol. The molecule has 1 saturated carbocycles. The van der Waals surface area contributed by atoms with Crippen molar-refractivity contribution in [3.8, 4) is 22.6 Å². The maximum absolute atomic E-state index is 14.5. The van der Waals surface area contributed by atoms with Crippen molar-refractivity contribution >= 4 is 17.4 Å². The van der Waals surface area contributed by atoms with Gasteiger partial charge in [0.15, 0.2) is 11.5 Å². The third-order valence-electron chi connectivity index (χ3n) is 4.55. The highest BCUT2D eigenvalue weighted by Crippen LogP contribution is 2.33. The fourth-order valence-corrected chi connectivity index (χ4v) is 3.07. The van der Waals surface area contributed by atoms with Gasteiger partial charge in [-0.2, -0.15) is 0 Å². The number of halogens is 1. The summed E-state index contributed by atoms with van der Waals surface area (Å²) in [6, 6.07) is 10.9. The number of hydrogen-bond donors (Lipinski definition) is 0. The van der Waals surface area contributed by atoms with E-state index >= 15 is 0 Å². The van der Waals surface area contributed by atoms with Crippen LogP contribution in [0.3, 0.4) is 0 Å². The van der Waals surface area contributed by atoms with Gasteiger partial charge >= 0.3 is 0 Å². The average molecular weight is 373 g/mol. The zero-order chi connectivity index (χ0) is 18.5. The number of benzene rings is 2. The Bertz CT molecular complexity index is 830. The molecule has 0 aliphatic heterocycles. The number of isothiocyanates is 1. The van der Waals surface area contributed by atoms with E-state index in [4.69, 9.17) is 14.2 Å². The van der Waals surface area contributed by atoms with Crippen molar-refractivity contribution in [1.29, 1.82) is 0 Å². The smallest absolute Gasteiger partial charge is 0.161 e. The van der Waals surface area contributed by atoms with Gasteiger partial charge in [-0.15, -0.1) is 0 Å². The van der Waals surface area contributed by atoms with Crippen LogP contribution in [0, 0.1) is 5.82 Å². The number of rotatable bonds is 7. The van der Waals surface area contributed by atoms with Crippen LogP contribution >= 0.6 is 12.2 Å². The van der Waals surface area contributed by atoms with Gasteiger partial charge in [-0.25, -0.2) is 9.38 Å². The van der Waals surface area contributed by atoms with E-state index in [9.17, 15) is 4.39 Å². The molecule has 0 radical (unpaired) electrons. The highest BCUT2D eigenvalue weighted by Gasteiger charge is 2.29. The summed E-state index contributed by atoms with van der Waals surface area (Å²) in [5.41, 5.74) is 2.16. The van der Waals surface area contributed by atoms with Crippen LogP contribution in [-0.2, 0) is 11.3 Å². The van der Waals surface area contributed by atoms with E-state index in [1.807, 2.05) is 18.2 Å². The summed E-state index contributed by atoms with van der Waals surface area (Å²) < 4.78 is 30.7. The lowest BCUT2D eigenvalue weighted by Crippen LogP contribution is -2.34. The molecule has 0 amide bonds. The molecule has 1 fully saturated rings. The lowest BCUT2D eigenvalue weighted by molar-refractivity contribution is -0.0192. The Labute approximate surface area is 157 Å². The van der Waals surface area contributed by atoms with Crippen molar-refractivity contribution in [3.63, 3.8) is 0 Å². The molecule has 1 aliphatic rings. The maximum atomic E-state index is 14.5. The molecule has 4 nitrogen and oxygen atoms in total. The van der Waals surface area contributed by atoms with Crippen LogP contribution in [0.15, 0.2) is 41.4 Å². The van der Waals surface area contributed by atoms with Gasteiger partial charge in [-0.05, 0) is 54.4 Å². The zero-order valence-electron chi connectivity index (χ0n) is 14.7. The van der Waals surface area contributed by atoms with Gasteiger partial charge in [-0.3, -0.25) is 0 Å². The third-order valence-corrected chi connectivity index (χ3v) is 4.66. The first-order valence-corrected chi connectivity index (χ1v) is 8.74. The molecular formula is C20H20FNO3S. The van der Waals surface area contributed by atoms with Crippen molar-refractivity contribution in [3.05, 3.63) is 47.8 Å². The van der Waals surface area contributed by atoms with E-state index in [0.29, 0.717) is 17.1 Å². The van der Waals surface area contributed by atoms with E-state index in [2.05, 4.69) is 22.4 Å². The molecule has 0 atom stereocenters. The van der Waals surface area contributed by atoms with Gasteiger partial charge in [0.05, 0.1) is 38.1 Å². The first kappa shape index (κ1) is 18.5. The Hall–Kier alpha value is -2.27. The van der Waals surface area contributed by atoms with E-state index < -0.39 is 0 Å².